The molecule has 1 aliphatic carbocycles. The molecule has 1 atom stereocenters. The van der Waals surface area contributed by atoms with Gasteiger partial charge >= 0.3 is 6.36 Å². The Bertz CT molecular complexity index is 1310. The number of amides is 1. The maximum absolute atomic E-state index is 15.1. The first-order chi connectivity index (χ1) is 17.7. The fourth-order valence-electron chi connectivity index (χ4n) is 5.69. The van der Waals surface area contributed by atoms with Gasteiger partial charge < -0.3 is 24.7 Å². The van der Waals surface area contributed by atoms with Gasteiger partial charge in [0.15, 0.2) is 0 Å². The van der Waals surface area contributed by atoms with Crippen molar-refractivity contribution in [3.8, 4) is 5.75 Å². The number of alkyl halides is 3. The fraction of sp³-hybridized carbons (Fsp3) is 0.462. The van der Waals surface area contributed by atoms with E-state index in [-0.39, 0.29) is 40.6 Å². The van der Waals surface area contributed by atoms with Crippen LogP contribution in [0.2, 0.25) is 0 Å². The molecular weight excluding hydrogens is 492 g/mol. The van der Waals surface area contributed by atoms with Gasteiger partial charge in [0.2, 0.25) is 0 Å². The number of aromatic nitrogens is 2. The molecule has 6 rings (SSSR count). The molecule has 4 heterocycles. The quantitative estimate of drug-likeness (QED) is 0.485. The molecule has 0 radical (unpaired) electrons. The van der Waals surface area contributed by atoms with Crippen molar-refractivity contribution in [2.24, 2.45) is 0 Å². The third-order valence-electron chi connectivity index (χ3n) is 7.63. The summed E-state index contributed by atoms with van der Waals surface area (Å²) in [6, 6.07) is 6.84. The average Bonchev–Trinajstić information content (AvgIpc) is 3.50. The predicted octanol–water partition coefficient (Wildman–Crippen LogP) is 4.81. The van der Waals surface area contributed by atoms with Crippen LogP contribution in [0.25, 0.3) is 11.0 Å². The molecule has 37 heavy (non-hydrogen) atoms. The number of ether oxygens (including phenoxy) is 2. The first-order valence-electron chi connectivity index (χ1n) is 12.4. The van der Waals surface area contributed by atoms with Crippen molar-refractivity contribution in [1.29, 1.82) is 0 Å². The van der Waals surface area contributed by atoms with Crippen molar-refractivity contribution in [3.05, 3.63) is 59.2 Å². The van der Waals surface area contributed by atoms with Crippen molar-refractivity contribution in [2.75, 3.05) is 26.2 Å². The summed E-state index contributed by atoms with van der Waals surface area (Å²) in [5, 5.41) is 4.30. The van der Waals surface area contributed by atoms with Gasteiger partial charge in [-0.1, -0.05) is 0 Å². The molecule has 7 nitrogen and oxygen atoms in total. The topological polar surface area (TPSA) is 79.5 Å². The van der Waals surface area contributed by atoms with Gasteiger partial charge in [-0.2, -0.15) is 0 Å². The lowest BCUT2D eigenvalue weighted by molar-refractivity contribution is -0.274. The number of piperidine rings is 1. The maximum Gasteiger partial charge on any atom is 0.573 e. The molecule has 2 saturated heterocycles. The molecule has 0 bridgehead atoms. The number of nitrogens with one attached hydrogen (secondary N) is 2. The third kappa shape index (κ3) is 4.66. The van der Waals surface area contributed by atoms with E-state index in [1.807, 2.05) is 6.07 Å². The number of morpholine rings is 1. The second-order valence-electron chi connectivity index (χ2n) is 9.98. The highest BCUT2D eigenvalue weighted by molar-refractivity contribution is 5.94. The van der Waals surface area contributed by atoms with Crippen LogP contribution in [-0.4, -0.2) is 58.9 Å². The summed E-state index contributed by atoms with van der Waals surface area (Å²) in [5.74, 6) is -1.13. The molecule has 11 heteroatoms. The van der Waals surface area contributed by atoms with E-state index in [2.05, 4.69) is 20.0 Å². The van der Waals surface area contributed by atoms with Crippen LogP contribution in [0.3, 0.4) is 0 Å². The predicted molar refractivity (Wildman–Crippen MR) is 126 cm³/mol. The smallest absolute Gasteiger partial charge is 0.406 e. The Morgan fingerprint density at radius 1 is 1.16 bits per heavy atom. The number of H-pyrrole nitrogens is 1. The van der Waals surface area contributed by atoms with Crippen LogP contribution in [0.5, 0.6) is 5.75 Å². The molecule has 196 valence electrons. The van der Waals surface area contributed by atoms with E-state index >= 15 is 4.39 Å². The lowest BCUT2D eigenvalue weighted by Crippen LogP contribution is -2.45. The van der Waals surface area contributed by atoms with Crippen molar-refractivity contribution >= 4 is 16.9 Å². The van der Waals surface area contributed by atoms with Crippen LogP contribution in [0.4, 0.5) is 17.6 Å². The molecular formula is C26H26F4N4O3. The molecule has 1 unspecified atom stereocenters. The minimum absolute atomic E-state index is 0.0550. The highest BCUT2D eigenvalue weighted by Gasteiger charge is 2.52. The number of aromatic amines is 1. The Kier molecular flexibility index (Phi) is 5.87. The van der Waals surface area contributed by atoms with Crippen LogP contribution in [-0.2, 0) is 4.74 Å². The maximum atomic E-state index is 15.1. The number of hydrogen-bond donors (Lipinski definition) is 2. The van der Waals surface area contributed by atoms with Crippen molar-refractivity contribution in [1.82, 2.24) is 20.2 Å². The number of halogens is 4. The summed E-state index contributed by atoms with van der Waals surface area (Å²) in [6.07, 6.45) is -0.489. The molecule has 1 saturated carbocycles. The number of pyridine rings is 1. The van der Waals surface area contributed by atoms with E-state index in [0.717, 1.165) is 42.6 Å². The minimum atomic E-state index is -4.79. The van der Waals surface area contributed by atoms with Crippen molar-refractivity contribution in [3.63, 3.8) is 0 Å². The van der Waals surface area contributed by atoms with Gasteiger partial charge in [0.25, 0.3) is 5.91 Å². The molecule has 2 aromatic heterocycles. The third-order valence-corrected chi connectivity index (χ3v) is 7.63. The molecule has 3 aromatic rings. The fourth-order valence-corrected chi connectivity index (χ4v) is 5.69. The molecule has 1 aromatic carbocycles. The number of carbonyl (C=O) groups is 1. The van der Waals surface area contributed by atoms with E-state index in [0.29, 0.717) is 43.7 Å². The number of rotatable bonds is 4. The van der Waals surface area contributed by atoms with Crippen LogP contribution in [0.15, 0.2) is 36.5 Å². The largest absolute Gasteiger partial charge is 0.573 e. The van der Waals surface area contributed by atoms with E-state index < -0.39 is 6.36 Å². The van der Waals surface area contributed by atoms with E-state index in [9.17, 15) is 18.0 Å². The lowest BCUT2D eigenvalue weighted by atomic mass is 9.87. The van der Waals surface area contributed by atoms with Gasteiger partial charge in [-0.3, -0.25) is 4.79 Å². The van der Waals surface area contributed by atoms with Gasteiger partial charge in [-0.15, -0.1) is 13.2 Å². The van der Waals surface area contributed by atoms with E-state index in [1.54, 1.807) is 4.90 Å². The molecule has 3 aliphatic rings. The summed E-state index contributed by atoms with van der Waals surface area (Å²) in [7, 11) is 0. The Labute approximate surface area is 210 Å². The first kappa shape index (κ1) is 24.2. The zero-order valence-corrected chi connectivity index (χ0v) is 19.9. The zero-order valence-electron chi connectivity index (χ0n) is 19.9. The van der Waals surface area contributed by atoms with Gasteiger partial charge in [-0.25, -0.2) is 9.37 Å². The summed E-state index contributed by atoms with van der Waals surface area (Å²) in [4.78, 5) is 22.2. The summed E-state index contributed by atoms with van der Waals surface area (Å²) in [5.41, 5.74) is 2.33. The highest BCUT2D eigenvalue weighted by atomic mass is 19.4. The van der Waals surface area contributed by atoms with Crippen LogP contribution in [0, 0.1) is 5.82 Å². The van der Waals surface area contributed by atoms with Crippen LogP contribution < -0.4 is 10.1 Å². The summed E-state index contributed by atoms with van der Waals surface area (Å²) in [6.45, 7) is 2.24. The zero-order chi connectivity index (χ0) is 25.8. The number of hydrogen-bond acceptors (Lipinski definition) is 5. The van der Waals surface area contributed by atoms with Crippen molar-refractivity contribution < 1.29 is 31.8 Å². The van der Waals surface area contributed by atoms with E-state index in [4.69, 9.17) is 4.74 Å². The molecule has 1 amide bonds. The number of likely N-dealkylation sites (tertiary alicyclic amines) is 1. The normalized spacial score (nSPS) is 21.9. The summed E-state index contributed by atoms with van der Waals surface area (Å²) >= 11 is 0. The molecule has 3 fully saturated rings. The lowest BCUT2D eigenvalue weighted by Gasteiger charge is -2.33. The van der Waals surface area contributed by atoms with E-state index in [1.165, 1.54) is 18.3 Å². The molecule has 2 aliphatic heterocycles. The van der Waals surface area contributed by atoms with Crippen molar-refractivity contribution in [2.45, 2.75) is 49.6 Å². The van der Waals surface area contributed by atoms with Crippen LogP contribution in [0.1, 0.15) is 59.3 Å². The summed E-state index contributed by atoms with van der Waals surface area (Å²) < 4.78 is 62.2. The number of nitrogens with zero attached hydrogens (tertiary/aromatic N) is 2. The van der Waals surface area contributed by atoms with Gasteiger partial charge in [0, 0.05) is 41.8 Å². The minimum Gasteiger partial charge on any atom is -0.406 e. The molecule has 2 N–H and O–H groups in total. The van der Waals surface area contributed by atoms with Gasteiger partial charge in [0.1, 0.15) is 23.3 Å². The number of carbonyl (C=O) groups excluding carboxylic acids is 1. The standard InChI is InChI=1S/C26H26F4N4O3/c27-19-14-31-23-18(13-20(33-23)22-25(7-8-25)32-9-12-36-22)21(19)15-5-10-34(11-6-15)24(35)16-1-3-17(4-2-16)37-26(28,29)30/h1-4,13-15,22,32H,5-12H2,(H,31,33). The Hall–Kier alpha value is -3.18. The monoisotopic (exact) mass is 518 g/mol. The van der Waals surface area contributed by atoms with Crippen LogP contribution >= 0.6 is 0 Å². The Morgan fingerprint density at radius 2 is 1.89 bits per heavy atom. The first-order valence-corrected chi connectivity index (χ1v) is 12.4. The molecule has 1 spiro atoms. The second-order valence-corrected chi connectivity index (χ2v) is 9.98. The van der Waals surface area contributed by atoms with Gasteiger partial charge in [0.05, 0.1) is 18.3 Å². The number of benzene rings is 1. The Morgan fingerprint density at radius 3 is 2.57 bits per heavy atom. The Balaban J connectivity index is 1.17. The highest BCUT2D eigenvalue weighted by Crippen LogP contribution is 2.49. The average molecular weight is 519 g/mol. The SMILES string of the molecule is O=C(c1ccc(OC(F)(F)F)cc1)N1CCC(c2c(F)cnc3[nH]c(C4OCCNC45CC5)cc23)CC1. The van der Waals surface area contributed by atoms with Gasteiger partial charge in [-0.05, 0) is 61.9 Å². The second kappa shape index (κ2) is 8.98. The number of fused-ring (bicyclic) bond motifs is 1.